The van der Waals surface area contributed by atoms with E-state index in [1.54, 1.807) is 0 Å². The normalized spacial score (nSPS) is 11.8. The first-order valence-corrected chi connectivity index (χ1v) is 5.11. The van der Waals surface area contributed by atoms with E-state index in [1.165, 1.54) is 0 Å². The molecule has 1 unspecified atom stereocenters. The molecule has 0 aliphatic carbocycles. The average molecular weight is 310 g/mol. The summed E-state index contributed by atoms with van der Waals surface area (Å²) in [6, 6.07) is 9.73. The van der Waals surface area contributed by atoms with Gasteiger partial charge in [-0.05, 0) is 12.0 Å². The zero-order valence-corrected chi connectivity index (χ0v) is 10.8. The molecule has 0 aromatic heterocycles. The van der Waals surface area contributed by atoms with Gasteiger partial charge in [-0.3, -0.25) is 4.57 Å². The van der Waals surface area contributed by atoms with Gasteiger partial charge >= 0.3 is 0 Å². The Kier molecular flexibility index (Phi) is 7.69. The minimum absolute atomic E-state index is 0. The summed E-state index contributed by atoms with van der Waals surface area (Å²) in [6.45, 7) is 0. The molecule has 1 atom stereocenters. The van der Waals surface area contributed by atoms with Crippen LogP contribution < -0.4 is 0 Å². The largest absolute Gasteiger partial charge is 0.346 e. The first-order chi connectivity index (χ1) is 5.29. The molecular formula is C8H11CeO2P. The van der Waals surface area contributed by atoms with Crippen molar-refractivity contribution in [2.24, 2.45) is 0 Å². The molecule has 0 radical (unpaired) electrons. The van der Waals surface area contributed by atoms with E-state index in [2.05, 4.69) is 0 Å². The molecular weight excluding hydrogens is 299 g/mol. The topological polar surface area (TPSA) is 37.3 Å². The molecule has 2 nitrogen and oxygen atoms in total. The van der Waals surface area contributed by atoms with Crippen LogP contribution in [0.4, 0.5) is 0 Å². The average Bonchev–Trinajstić information content (AvgIpc) is 2.03. The maximum absolute atomic E-state index is 10.4. The van der Waals surface area contributed by atoms with Crippen molar-refractivity contribution in [2.75, 3.05) is 6.16 Å². The van der Waals surface area contributed by atoms with Gasteiger partial charge in [-0.15, -0.1) is 0 Å². The quantitative estimate of drug-likeness (QED) is 0.863. The Labute approximate surface area is 107 Å². The van der Waals surface area contributed by atoms with E-state index in [9.17, 15) is 4.57 Å². The number of aryl methyl sites for hydroxylation is 1. The van der Waals surface area contributed by atoms with E-state index in [4.69, 9.17) is 4.89 Å². The summed E-state index contributed by atoms with van der Waals surface area (Å²) in [5, 5.41) is 0. The first-order valence-electron chi connectivity index (χ1n) is 3.55. The van der Waals surface area contributed by atoms with Crippen molar-refractivity contribution < 1.29 is 51.2 Å². The van der Waals surface area contributed by atoms with Gasteiger partial charge in [0.15, 0.2) is 8.03 Å². The Hall–Kier alpha value is 0.787. The Morgan fingerprint density at radius 1 is 1.25 bits per heavy atom. The van der Waals surface area contributed by atoms with Gasteiger partial charge in [0.2, 0.25) is 0 Å². The van der Waals surface area contributed by atoms with Gasteiger partial charge in [0.25, 0.3) is 0 Å². The summed E-state index contributed by atoms with van der Waals surface area (Å²) in [4.78, 5) is 8.56. The summed E-state index contributed by atoms with van der Waals surface area (Å²) in [5.74, 6) is 0. The number of benzene rings is 1. The van der Waals surface area contributed by atoms with Crippen molar-refractivity contribution in [1.29, 1.82) is 0 Å². The van der Waals surface area contributed by atoms with Crippen molar-refractivity contribution in [3.63, 3.8) is 0 Å². The zero-order chi connectivity index (χ0) is 8.10. The Bertz CT molecular complexity index is 238. The van der Waals surface area contributed by atoms with Gasteiger partial charge in [0.05, 0.1) is 0 Å². The van der Waals surface area contributed by atoms with E-state index < -0.39 is 8.03 Å². The van der Waals surface area contributed by atoms with Crippen molar-refractivity contribution in [2.45, 2.75) is 6.42 Å². The van der Waals surface area contributed by atoms with Gasteiger partial charge in [-0.2, -0.15) is 0 Å². The van der Waals surface area contributed by atoms with Crippen LogP contribution in [-0.2, 0) is 11.0 Å². The summed E-state index contributed by atoms with van der Waals surface area (Å²) in [6.07, 6.45) is 1.10. The molecule has 1 rings (SSSR count). The van der Waals surface area contributed by atoms with Crippen molar-refractivity contribution in [3.05, 3.63) is 35.9 Å². The Balaban J connectivity index is 0.00000121. The Morgan fingerprint density at radius 3 is 2.33 bits per heavy atom. The maximum Gasteiger partial charge on any atom is 0.189 e. The standard InChI is InChI=1S/C8H11O2P.Ce/c9-11(10)7-6-8-4-2-1-3-5-8;/h1-5,11H,6-7H2,(H,9,10);. The third-order valence-corrected chi connectivity index (χ3v) is 2.15. The molecule has 1 N–H and O–H groups in total. The van der Waals surface area contributed by atoms with Gasteiger partial charge in [0.1, 0.15) is 0 Å². The van der Waals surface area contributed by atoms with Crippen LogP contribution >= 0.6 is 8.03 Å². The summed E-state index contributed by atoms with van der Waals surface area (Å²) in [7, 11) is -2.28. The molecule has 0 heterocycles. The monoisotopic (exact) mass is 310 g/mol. The van der Waals surface area contributed by atoms with Crippen LogP contribution in [0.5, 0.6) is 0 Å². The minimum Gasteiger partial charge on any atom is -0.346 e. The third kappa shape index (κ3) is 5.44. The minimum atomic E-state index is -2.28. The molecule has 0 aliphatic rings. The third-order valence-electron chi connectivity index (χ3n) is 1.47. The van der Waals surface area contributed by atoms with Crippen LogP contribution in [0.1, 0.15) is 5.56 Å². The smallest absolute Gasteiger partial charge is 0.189 e. The van der Waals surface area contributed by atoms with Crippen LogP contribution in [0.15, 0.2) is 30.3 Å². The second-order valence-electron chi connectivity index (χ2n) is 2.38. The first kappa shape index (κ1) is 12.8. The van der Waals surface area contributed by atoms with Crippen molar-refractivity contribution in [1.82, 2.24) is 0 Å². The molecule has 0 aliphatic heterocycles. The molecule has 0 bridgehead atoms. The summed E-state index contributed by atoms with van der Waals surface area (Å²) < 4.78 is 10.4. The van der Waals surface area contributed by atoms with E-state index >= 15 is 0 Å². The van der Waals surface area contributed by atoms with Gasteiger partial charge in [0, 0.05) is 47.9 Å². The van der Waals surface area contributed by atoms with Gasteiger partial charge in [-0.25, -0.2) is 0 Å². The van der Waals surface area contributed by atoms with Crippen LogP contribution in [0.2, 0.25) is 0 Å². The van der Waals surface area contributed by atoms with E-state index in [-0.39, 0.29) is 41.7 Å². The summed E-state index contributed by atoms with van der Waals surface area (Å²) in [5.41, 5.74) is 1.12. The van der Waals surface area contributed by atoms with Crippen molar-refractivity contribution in [3.8, 4) is 0 Å². The molecule has 0 saturated carbocycles. The van der Waals surface area contributed by atoms with Crippen molar-refractivity contribution >= 4 is 8.03 Å². The van der Waals surface area contributed by atoms with Crippen LogP contribution in [0.25, 0.3) is 0 Å². The van der Waals surface area contributed by atoms with Crippen LogP contribution in [0.3, 0.4) is 0 Å². The number of hydrogen-bond donors (Lipinski definition) is 1. The van der Waals surface area contributed by atoms with Crippen LogP contribution in [-0.4, -0.2) is 11.1 Å². The second kappa shape index (κ2) is 7.22. The molecule has 12 heavy (non-hydrogen) atoms. The van der Waals surface area contributed by atoms with E-state index in [1.807, 2.05) is 30.3 Å². The number of hydrogen-bond acceptors (Lipinski definition) is 1. The molecule has 4 heteroatoms. The molecule has 1 aromatic rings. The van der Waals surface area contributed by atoms with E-state index in [0.29, 0.717) is 12.6 Å². The molecule has 0 amide bonds. The molecule has 0 saturated heterocycles. The fraction of sp³-hybridized carbons (Fsp3) is 0.250. The van der Waals surface area contributed by atoms with E-state index in [0.717, 1.165) is 5.56 Å². The number of rotatable bonds is 3. The fourth-order valence-electron chi connectivity index (χ4n) is 0.896. The second-order valence-corrected chi connectivity index (χ2v) is 3.67. The maximum atomic E-state index is 10.4. The van der Waals surface area contributed by atoms with Gasteiger partial charge < -0.3 is 4.89 Å². The predicted molar refractivity (Wildman–Crippen MR) is 46.2 cm³/mol. The molecule has 64 valence electrons. The zero-order valence-electron chi connectivity index (χ0n) is 6.66. The predicted octanol–water partition coefficient (Wildman–Crippen LogP) is 1.70. The fourth-order valence-corrected chi connectivity index (χ4v) is 1.40. The molecule has 0 fully saturated rings. The van der Waals surface area contributed by atoms with Crippen LogP contribution in [0, 0.1) is 41.7 Å². The van der Waals surface area contributed by atoms with Gasteiger partial charge in [-0.1, -0.05) is 30.3 Å². The SMILES string of the molecule is O=[PH](O)CCc1ccccc1.[Ce]. The molecule has 0 spiro atoms. The molecule has 1 aromatic carbocycles. The summed E-state index contributed by atoms with van der Waals surface area (Å²) >= 11 is 0. The Morgan fingerprint density at radius 2 is 1.83 bits per heavy atom.